The van der Waals surface area contributed by atoms with E-state index >= 15 is 0 Å². The summed E-state index contributed by atoms with van der Waals surface area (Å²) in [6, 6.07) is 0. The van der Waals surface area contributed by atoms with Crippen molar-refractivity contribution in [3.63, 3.8) is 0 Å². The summed E-state index contributed by atoms with van der Waals surface area (Å²) in [5.74, 6) is -0.203. The Kier molecular flexibility index (Phi) is 18.6. The highest BCUT2D eigenvalue weighted by molar-refractivity contribution is 5.76. The van der Waals surface area contributed by atoms with E-state index in [1.807, 2.05) is 7.05 Å². The molecule has 0 saturated heterocycles. The molecule has 0 bridgehead atoms. The predicted octanol–water partition coefficient (Wildman–Crippen LogP) is 4.01. The molecule has 1 rings (SSSR count). The molecule has 0 aromatic carbocycles. The molecular formula is C27H51N3O5. The smallest absolute Gasteiger partial charge is 0.221 e. The molecule has 35 heavy (non-hydrogen) atoms. The molecule has 0 aliphatic heterocycles. The fraction of sp³-hybridized carbons (Fsp3) is 0.889. The Labute approximate surface area is 213 Å². The predicted molar refractivity (Wildman–Crippen MR) is 139 cm³/mol. The Morgan fingerprint density at radius 2 is 1.14 bits per heavy atom. The number of hydrogen-bond donors (Lipinski definition) is 3. The lowest BCUT2D eigenvalue weighted by atomic mass is 9.94. The van der Waals surface area contributed by atoms with Crippen LogP contribution in [0.1, 0.15) is 110 Å². The lowest BCUT2D eigenvalue weighted by Crippen LogP contribution is -2.42. The van der Waals surface area contributed by atoms with Crippen LogP contribution in [-0.4, -0.2) is 63.3 Å². The zero-order chi connectivity index (χ0) is 25.6. The first-order chi connectivity index (χ1) is 17.0. The summed E-state index contributed by atoms with van der Waals surface area (Å²) in [7, 11) is 1.83. The van der Waals surface area contributed by atoms with Gasteiger partial charge in [-0.3, -0.25) is 9.59 Å². The summed E-state index contributed by atoms with van der Waals surface area (Å²) >= 11 is 0. The van der Waals surface area contributed by atoms with Gasteiger partial charge < -0.3 is 30.2 Å². The molecule has 0 atom stereocenters. The van der Waals surface area contributed by atoms with Crippen molar-refractivity contribution < 1.29 is 23.9 Å². The van der Waals surface area contributed by atoms with E-state index in [9.17, 15) is 14.4 Å². The third-order valence-corrected chi connectivity index (χ3v) is 6.48. The molecule has 0 radical (unpaired) electrons. The van der Waals surface area contributed by atoms with E-state index < -0.39 is 5.79 Å². The largest absolute Gasteiger partial charge is 0.354 e. The molecule has 2 amide bonds. The van der Waals surface area contributed by atoms with Crippen LogP contribution in [0.4, 0.5) is 0 Å². The number of rotatable bonds is 22. The number of hydrogen-bond acceptors (Lipinski definition) is 6. The second kappa shape index (κ2) is 20.7. The first kappa shape index (κ1) is 31.5. The molecule has 0 aromatic heterocycles. The van der Waals surface area contributed by atoms with Gasteiger partial charge in [0.15, 0.2) is 5.79 Å². The van der Waals surface area contributed by atoms with E-state index in [0.29, 0.717) is 52.1 Å². The fourth-order valence-corrected chi connectivity index (χ4v) is 4.41. The summed E-state index contributed by atoms with van der Waals surface area (Å²) in [5.41, 5.74) is 0. The van der Waals surface area contributed by atoms with Gasteiger partial charge in [-0.2, -0.15) is 0 Å². The van der Waals surface area contributed by atoms with Gasteiger partial charge in [-0.25, -0.2) is 0 Å². The van der Waals surface area contributed by atoms with Crippen LogP contribution < -0.4 is 16.0 Å². The minimum atomic E-state index is -0.593. The zero-order valence-electron chi connectivity index (χ0n) is 22.4. The van der Waals surface area contributed by atoms with E-state index in [-0.39, 0.29) is 17.6 Å². The Morgan fingerprint density at radius 1 is 0.657 bits per heavy atom. The number of carbonyl (C=O) groups excluding carboxylic acids is 3. The van der Waals surface area contributed by atoms with Crippen molar-refractivity contribution in [3.8, 4) is 0 Å². The van der Waals surface area contributed by atoms with Crippen molar-refractivity contribution in [1.82, 2.24) is 16.0 Å². The quantitative estimate of drug-likeness (QED) is 0.154. The van der Waals surface area contributed by atoms with Gasteiger partial charge in [-0.1, -0.05) is 44.9 Å². The highest BCUT2D eigenvalue weighted by Crippen LogP contribution is 2.32. The van der Waals surface area contributed by atoms with Crippen molar-refractivity contribution >= 4 is 17.6 Å². The summed E-state index contributed by atoms with van der Waals surface area (Å²) < 4.78 is 12.2. The van der Waals surface area contributed by atoms with Crippen LogP contribution in [-0.2, 0) is 23.9 Å². The Morgan fingerprint density at radius 3 is 1.66 bits per heavy atom. The van der Waals surface area contributed by atoms with Crippen LogP contribution in [0, 0.1) is 0 Å². The molecule has 1 aliphatic rings. The van der Waals surface area contributed by atoms with Gasteiger partial charge in [0.05, 0.1) is 13.2 Å². The Hall–Kier alpha value is -1.51. The van der Waals surface area contributed by atoms with E-state index in [0.717, 1.165) is 51.4 Å². The van der Waals surface area contributed by atoms with Gasteiger partial charge in [0.25, 0.3) is 0 Å². The summed E-state index contributed by atoms with van der Waals surface area (Å²) in [6.45, 7) is 4.15. The second-order valence-corrected chi connectivity index (χ2v) is 9.75. The summed E-state index contributed by atoms with van der Waals surface area (Å²) in [6.07, 6.45) is 15.7. The van der Waals surface area contributed by atoms with Crippen LogP contribution in [0.25, 0.3) is 0 Å². The maximum Gasteiger partial charge on any atom is 0.221 e. The molecule has 1 saturated carbocycles. The van der Waals surface area contributed by atoms with Gasteiger partial charge in [-0.15, -0.1) is 0 Å². The molecular weight excluding hydrogens is 446 g/mol. The van der Waals surface area contributed by atoms with Crippen LogP contribution in [0.15, 0.2) is 0 Å². The van der Waals surface area contributed by atoms with Crippen LogP contribution in [0.5, 0.6) is 0 Å². The molecule has 3 N–H and O–H groups in total. The first-order valence-corrected chi connectivity index (χ1v) is 13.9. The van der Waals surface area contributed by atoms with Crippen LogP contribution in [0.2, 0.25) is 0 Å². The minimum absolute atomic E-state index is 0.0189. The number of Topliss-reactive ketones (excluding diaryl/α,β-unsaturated/α-hetero) is 1. The average molecular weight is 498 g/mol. The summed E-state index contributed by atoms with van der Waals surface area (Å²) in [5, 5.41) is 8.80. The minimum Gasteiger partial charge on any atom is -0.354 e. The number of ether oxygens (including phenoxy) is 2. The lowest BCUT2D eigenvalue weighted by Gasteiger charge is -2.37. The topological polar surface area (TPSA) is 106 Å². The van der Waals surface area contributed by atoms with Gasteiger partial charge in [0.2, 0.25) is 11.8 Å². The molecule has 204 valence electrons. The third-order valence-electron chi connectivity index (χ3n) is 6.48. The number of carbonyl (C=O) groups is 3. The van der Waals surface area contributed by atoms with Gasteiger partial charge >= 0.3 is 0 Å². The molecule has 0 aromatic rings. The van der Waals surface area contributed by atoms with Gasteiger partial charge in [0.1, 0.15) is 5.78 Å². The van der Waals surface area contributed by atoms with E-state index in [2.05, 4.69) is 16.0 Å². The molecule has 1 fully saturated rings. The number of unbranched alkanes of at least 4 members (excludes halogenated alkanes) is 7. The lowest BCUT2D eigenvalue weighted by molar-refractivity contribution is -0.250. The Balaban J connectivity index is 2.07. The van der Waals surface area contributed by atoms with Gasteiger partial charge in [-0.05, 0) is 39.7 Å². The van der Waals surface area contributed by atoms with Crippen molar-refractivity contribution in [1.29, 1.82) is 0 Å². The standard InChI is InChI=1S/C27H51N3O5/c1-24(31)14-10-7-5-3-4-6-8-11-15-25(32)29-20-22-34-27(17-12-9-13-18-27)35-23-21-30-26(33)16-19-28-2/h28H,3-23H2,1-2H3,(H,29,32)(H,30,33). The van der Waals surface area contributed by atoms with E-state index in [4.69, 9.17) is 9.47 Å². The third kappa shape index (κ3) is 17.5. The number of ketones is 1. The summed E-state index contributed by atoms with van der Waals surface area (Å²) in [4.78, 5) is 34.7. The average Bonchev–Trinajstić information content (AvgIpc) is 2.85. The monoisotopic (exact) mass is 497 g/mol. The second-order valence-electron chi connectivity index (χ2n) is 9.75. The molecule has 8 nitrogen and oxygen atoms in total. The fourth-order valence-electron chi connectivity index (χ4n) is 4.41. The molecule has 1 aliphatic carbocycles. The van der Waals surface area contributed by atoms with Crippen molar-refractivity contribution in [2.75, 3.05) is 39.9 Å². The van der Waals surface area contributed by atoms with E-state index in [1.165, 1.54) is 32.1 Å². The van der Waals surface area contributed by atoms with Crippen molar-refractivity contribution in [2.45, 2.75) is 115 Å². The normalized spacial score (nSPS) is 15.0. The molecule has 8 heteroatoms. The zero-order valence-corrected chi connectivity index (χ0v) is 22.4. The van der Waals surface area contributed by atoms with Crippen molar-refractivity contribution in [3.05, 3.63) is 0 Å². The van der Waals surface area contributed by atoms with Crippen LogP contribution in [0.3, 0.4) is 0 Å². The van der Waals surface area contributed by atoms with E-state index in [1.54, 1.807) is 6.92 Å². The number of nitrogens with one attached hydrogen (secondary N) is 3. The molecule has 0 unspecified atom stereocenters. The van der Waals surface area contributed by atoms with Crippen LogP contribution >= 0.6 is 0 Å². The van der Waals surface area contributed by atoms with Gasteiger partial charge in [0, 0.05) is 51.7 Å². The Bertz CT molecular complexity index is 579. The maximum atomic E-state index is 12.1. The first-order valence-electron chi connectivity index (χ1n) is 13.9. The molecule has 0 heterocycles. The highest BCUT2D eigenvalue weighted by atomic mass is 16.7. The molecule has 0 spiro atoms. The maximum absolute atomic E-state index is 12.1. The van der Waals surface area contributed by atoms with Crippen molar-refractivity contribution in [2.24, 2.45) is 0 Å². The number of amides is 2. The highest BCUT2D eigenvalue weighted by Gasteiger charge is 2.33. The SMILES string of the molecule is CNCCC(=O)NCCOC1(OCCNC(=O)CCCCCCCCCCC(C)=O)CCCCC1.